The number of nitriles is 1. The summed E-state index contributed by atoms with van der Waals surface area (Å²) in [5.41, 5.74) is 2.53. The van der Waals surface area contributed by atoms with Crippen LogP contribution >= 0.6 is 0 Å². The van der Waals surface area contributed by atoms with E-state index in [1.54, 1.807) is 6.07 Å². The van der Waals surface area contributed by atoms with Gasteiger partial charge in [0.1, 0.15) is 0 Å². The van der Waals surface area contributed by atoms with E-state index in [1.165, 1.54) is 0 Å². The van der Waals surface area contributed by atoms with E-state index in [0.717, 1.165) is 11.3 Å². The second-order valence-corrected chi connectivity index (χ2v) is 5.17. The van der Waals surface area contributed by atoms with Crippen LogP contribution in [0, 0.1) is 24.2 Å². The van der Waals surface area contributed by atoms with Crippen molar-refractivity contribution in [2.24, 2.45) is 5.92 Å². The number of anilines is 1. The summed E-state index contributed by atoms with van der Waals surface area (Å²) < 4.78 is 0. The van der Waals surface area contributed by atoms with E-state index < -0.39 is 0 Å². The molecule has 0 unspecified atom stereocenters. The number of nitrogens with zero attached hydrogens (tertiary/aromatic N) is 2. The first kappa shape index (κ1) is 15.0. The highest BCUT2D eigenvalue weighted by molar-refractivity contribution is 5.81. The zero-order valence-electron chi connectivity index (χ0n) is 12.0. The van der Waals surface area contributed by atoms with Crippen molar-refractivity contribution >= 4 is 11.6 Å². The molecule has 102 valence electrons. The molecule has 0 radical (unpaired) electrons. The summed E-state index contributed by atoms with van der Waals surface area (Å²) in [6, 6.07) is 7.71. The number of likely N-dealkylation sites (N-methyl/N-ethyl adjacent to an activating group) is 1. The molecule has 1 amide bonds. The van der Waals surface area contributed by atoms with Gasteiger partial charge >= 0.3 is 0 Å². The Morgan fingerprint density at radius 1 is 1.47 bits per heavy atom. The predicted molar refractivity (Wildman–Crippen MR) is 77.0 cm³/mol. The molecule has 1 aromatic rings. The molecule has 0 saturated heterocycles. The smallest absolute Gasteiger partial charge is 0.239 e. The minimum atomic E-state index is 0.0122. The fourth-order valence-corrected chi connectivity index (χ4v) is 1.69. The van der Waals surface area contributed by atoms with Crippen LogP contribution < -0.4 is 10.2 Å². The first-order valence-corrected chi connectivity index (χ1v) is 6.42. The van der Waals surface area contributed by atoms with Gasteiger partial charge in [0.05, 0.1) is 18.2 Å². The summed E-state index contributed by atoms with van der Waals surface area (Å²) in [4.78, 5) is 13.6. The molecule has 19 heavy (non-hydrogen) atoms. The number of carbonyl (C=O) groups is 1. The Balaban J connectivity index is 2.63. The highest BCUT2D eigenvalue weighted by Crippen LogP contribution is 2.17. The minimum Gasteiger partial charge on any atom is -0.365 e. The monoisotopic (exact) mass is 259 g/mol. The number of carbonyl (C=O) groups excluding carboxylic acids is 1. The van der Waals surface area contributed by atoms with Gasteiger partial charge in [-0.1, -0.05) is 13.8 Å². The van der Waals surface area contributed by atoms with E-state index >= 15 is 0 Å². The average Bonchev–Trinajstić information content (AvgIpc) is 2.36. The largest absolute Gasteiger partial charge is 0.365 e. The summed E-state index contributed by atoms with van der Waals surface area (Å²) in [7, 11) is 1.87. The molecule has 0 aliphatic carbocycles. The van der Waals surface area contributed by atoms with Crippen molar-refractivity contribution < 1.29 is 4.79 Å². The molecule has 0 bridgehead atoms. The van der Waals surface area contributed by atoms with E-state index in [0.29, 0.717) is 24.6 Å². The van der Waals surface area contributed by atoms with Gasteiger partial charge in [0, 0.05) is 19.3 Å². The number of aryl methyl sites for hydroxylation is 1. The summed E-state index contributed by atoms with van der Waals surface area (Å²) >= 11 is 0. The lowest BCUT2D eigenvalue weighted by Gasteiger charge is -2.20. The number of nitrogens with one attached hydrogen (secondary N) is 1. The van der Waals surface area contributed by atoms with Crippen LogP contribution in [0.25, 0.3) is 0 Å². The number of amides is 1. The molecule has 0 atom stereocenters. The Hall–Kier alpha value is -2.02. The van der Waals surface area contributed by atoms with Crippen LogP contribution in [0.3, 0.4) is 0 Å². The maximum absolute atomic E-state index is 11.7. The molecule has 0 fully saturated rings. The molecule has 1 N–H and O–H groups in total. The minimum absolute atomic E-state index is 0.0122. The Labute approximate surface area is 115 Å². The second-order valence-electron chi connectivity index (χ2n) is 5.17. The zero-order valence-corrected chi connectivity index (χ0v) is 12.0. The number of hydrogen-bond donors (Lipinski definition) is 1. The van der Waals surface area contributed by atoms with Crippen LogP contribution in [0.1, 0.15) is 25.0 Å². The van der Waals surface area contributed by atoms with Gasteiger partial charge in [-0.05, 0) is 36.6 Å². The van der Waals surface area contributed by atoms with E-state index in [1.807, 2.05) is 31.0 Å². The van der Waals surface area contributed by atoms with Gasteiger partial charge in [-0.15, -0.1) is 0 Å². The van der Waals surface area contributed by atoms with Crippen molar-refractivity contribution in [2.45, 2.75) is 20.8 Å². The lowest BCUT2D eigenvalue weighted by atomic mass is 10.1. The number of benzene rings is 1. The molecule has 1 rings (SSSR count). The third-order valence-electron chi connectivity index (χ3n) is 2.86. The van der Waals surface area contributed by atoms with Crippen molar-refractivity contribution in [2.75, 3.05) is 25.0 Å². The van der Waals surface area contributed by atoms with E-state index in [-0.39, 0.29) is 5.91 Å². The Bertz CT molecular complexity index is 489. The van der Waals surface area contributed by atoms with Gasteiger partial charge in [0.15, 0.2) is 0 Å². The molecule has 4 heteroatoms. The number of hydrogen-bond acceptors (Lipinski definition) is 3. The van der Waals surface area contributed by atoms with Crippen LogP contribution in [0.15, 0.2) is 18.2 Å². The van der Waals surface area contributed by atoms with Gasteiger partial charge < -0.3 is 10.2 Å². The van der Waals surface area contributed by atoms with Crippen molar-refractivity contribution in [1.82, 2.24) is 5.32 Å². The summed E-state index contributed by atoms with van der Waals surface area (Å²) in [5.74, 6) is 0.463. The molecule has 0 spiro atoms. The topological polar surface area (TPSA) is 56.1 Å². The van der Waals surface area contributed by atoms with Crippen molar-refractivity contribution in [1.29, 1.82) is 5.26 Å². The molecule has 0 heterocycles. The molecule has 0 aliphatic heterocycles. The average molecular weight is 259 g/mol. The van der Waals surface area contributed by atoms with E-state index in [2.05, 4.69) is 25.2 Å². The van der Waals surface area contributed by atoms with Crippen LogP contribution in [0.4, 0.5) is 5.69 Å². The van der Waals surface area contributed by atoms with Crippen LogP contribution in [-0.4, -0.2) is 26.0 Å². The molecule has 1 aromatic carbocycles. The van der Waals surface area contributed by atoms with Crippen molar-refractivity contribution in [3.05, 3.63) is 29.3 Å². The predicted octanol–water partition coefficient (Wildman–Crippen LogP) is 2.08. The molecule has 0 aliphatic rings. The highest BCUT2D eigenvalue weighted by atomic mass is 16.2. The van der Waals surface area contributed by atoms with E-state index in [9.17, 15) is 4.79 Å². The zero-order chi connectivity index (χ0) is 14.4. The third kappa shape index (κ3) is 4.63. The van der Waals surface area contributed by atoms with Crippen molar-refractivity contribution in [3.63, 3.8) is 0 Å². The highest BCUT2D eigenvalue weighted by Gasteiger charge is 2.09. The lowest BCUT2D eigenvalue weighted by molar-refractivity contribution is -0.119. The van der Waals surface area contributed by atoms with Gasteiger partial charge in [-0.25, -0.2) is 0 Å². The molecule has 0 saturated carbocycles. The third-order valence-corrected chi connectivity index (χ3v) is 2.86. The van der Waals surface area contributed by atoms with Crippen molar-refractivity contribution in [3.8, 4) is 6.07 Å². The second kappa shape index (κ2) is 6.79. The van der Waals surface area contributed by atoms with Gasteiger partial charge in [-0.3, -0.25) is 4.79 Å². The fourth-order valence-electron chi connectivity index (χ4n) is 1.69. The molecule has 4 nitrogen and oxygen atoms in total. The first-order chi connectivity index (χ1) is 8.93. The standard InChI is InChI=1S/C15H21N3O/c1-11(2)9-17-15(19)10-18(4)14-6-5-13(8-16)12(3)7-14/h5-7,11H,9-10H2,1-4H3,(H,17,19). The van der Waals surface area contributed by atoms with Crippen LogP contribution in [-0.2, 0) is 4.79 Å². The van der Waals surface area contributed by atoms with Crippen LogP contribution in [0.5, 0.6) is 0 Å². The molecular formula is C15H21N3O. The Morgan fingerprint density at radius 3 is 2.68 bits per heavy atom. The normalized spacial score (nSPS) is 10.1. The van der Waals surface area contributed by atoms with Gasteiger partial charge in [0.2, 0.25) is 5.91 Å². The molecule has 0 aromatic heterocycles. The summed E-state index contributed by atoms with van der Waals surface area (Å²) in [6.45, 7) is 7.04. The fraction of sp³-hybridized carbons (Fsp3) is 0.467. The Morgan fingerprint density at radius 2 is 2.16 bits per heavy atom. The molecular weight excluding hydrogens is 238 g/mol. The number of rotatable bonds is 5. The summed E-state index contributed by atoms with van der Waals surface area (Å²) in [6.07, 6.45) is 0. The quantitative estimate of drug-likeness (QED) is 0.880. The summed E-state index contributed by atoms with van der Waals surface area (Å²) in [5, 5.41) is 11.8. The maximum Gasteiger partial charge on any atom is 0.239 e. The Kier molecular flexibility index (Phi) is 5.37. The van der Waals surface area contributed by atoms with E-state index in [4.69, 9.17) is 5.26 Å². The SMILES string of the molecule is Cc1cc(N(C)CC(=O)NCC(C)C)ccc1C#N. The van der Waals surface area contributed by atoms with Gasteiger partial charge in [0.25, 0.3) is 0 Å². The maximum atomic E-state index is 11.7. The van der Waals surface area contributed by atoms with Gasteiger partial charge in [-0.2, -0.15) is 5.26 Å². The van der Waals surface area contributed by atoms with Crippen LogP contribution in [0.2, 0.25) is 0 Å². The lowest BCUT2D eigenvalue weighted by Crippen LogP contribution is -2.36. The first-order valence-electron chi connectivity index (χ1n) is 6.42.